The lowest BCUT2D eigenvalue weighted by atomic mass is 9.72. The molecule has 1 aliphatic rings. The number of hydrogen-bond donors (Lipinski definition) is 0. The van der Waals surface area contributed by atoms with Crippen LogP contribution in [0.15, 0.2) is 65.8 Å². The first-order chi connectivity index (χ1) is 11.7. The molecule has 1 unspecified atom stereocenters. The number of hydrogen-bond acceptors (Lipinski definition) is 3. The first-order valence-corrected chi connectivity index (χ1v) is 7.73. The van der Waals surface area contributed by atoms with Crippen molar-refractivity contribution in [1.82, 2.24) is 5.06 Å². The van der Waals surface area contributed by atoms with Gasteiger partial charge in [0.05, 0.1) is 13.2 Å². The molecule has 1 saturated heterocycles. The lowest BCUT2D eigenvalue weighted by Crippen LogP contribution is -2.39. The van der Waals surface area contributed by atoms with Crippen LogP contribution in [0.1, 0.15) is 17.5 Å². The van der Waals surface area contributed by atoms with Gasteiger partial charge in [-0.15, -0.1) is 0 Å². The molecule has 3 rings (SSSR count). The maximum absolute atomic E-state index is 13.3. The molecule has 0 spiro atoms. The van der Waals surface area contributed by atoms with E-state index in [9.17, 15) is 4.79 Å². The smallest absolute Gasteiger partial charge is 0.261 e. The van der Waals surface area contributed by atoms with E-state index in [1.54, 1.807) is 0 Å². The van der Waals surface area contributed by atoms with Crippen LogP contribution < -0.4 is 0 Å². The second-order valence-corrected chi connectivity index (χ2v) is 5.72. The SMILES string of the molecule is CON1C(=O)C(c2ccccc2)(c2ccccc2)CC1CN=[N+]=[N-]. The number of amides is 1. The number of azide groups is 1. The number of hydroxylamine groups is 2. The fraction of sp³-hybridized carbons (Fsp3) is 0.278. The van der Waals surface area contributed by atoms with Crippen LogP contribution in [0.5, 0.6) is 0 Å². The zero-order chi connectivity index (χ0) is 17.0. The van der Waals surface area contributed by atoms with Gasteiger partial charge in [-0.25, -0.2) is 5.06 Å². The lowest BCUT2D eigenvalue weighted by Gasteiger charge is -2.28. The lowest BCUT2D eigenvalue weighted by molar-refractivity contribution is -0.178. The maximum atomic E-state index is 13.3. The Balaban J connectivity index is 2.16. The number of carbonyl (C=O) groups excluding carboxylic acids is 1. The van der Waals surface area contributed by atoms with Gasteiger partial charge in [0, 0.05) is 11.5 Å². The minimum atomic E-state index is -0.839. The Kier molecular flexibility index (Phi) is 4.51. The summed E-state index contributed by atoms with van der Waals surface area (Å²) in [6.07, 6.45) is 0.493. The summed E-state index contributed by atoms with van der Waals surface area (Å²) in [5.74, 6) is -0.138. The van der Waals surface area contributed by atoms with Crippen molar-refractivity contribution in [2.24, 2.45) is 5.11 Å². The van der Waals surface area contributed by atoms with Gasteiger partial charge in [-0.1, -0.05) is 65.8 Å². The molecule has 1 aliphatic heterocycles. The summed E-state index contributed by atoms with van der Waals surface area (Å²) in [5, 5.41) is 4.99. The second kappa shape index (κ2) is 6.74. The van der Waals surface area contributed by atoms with Crippen LogP contribution in [-0.2, 0) is 15.0 Å². The standard InChI is InChI=1S/C18H18N4O2/c1-24-22-16(13-20-21-19)12-18(17(22)23,14-8-4-2-5-9-14)15-10-6-3-7-11-15/h2-11,16H,12-13H2,1H3. The number of rotatable bonds is 5. The molecule has 0 bridgehead atoms. The molecule has 122 valence electrons. The normalized spacial score (nSPS) is 19.1. The molecule has 6 heteroatoms. The van der Waals surface area contributed by atoms with Crippen LogP contribution in [0.2, 0.25) is 0 Å². The van der Waals surface area contributed by atoms with Crippen molar-refractivity contribution in [1.29, 1.82) is 0 Å². The van der Waals surface area contributed by atoms with Crippen LogP contribution >= 0.6 is 0 Å². The summed E-state index contributed by atoms with van der Waals surface area (Å²) >= 11 is 0. The Morgan fingerprint density at radius 2 is 1.71 bits per heavy atom. The minimum absolute atomic E-state index is 0.138. The Morgan fingerprint density at radius 3 is 2.17 bits per heavy atom. The maximum Gasteiger partial charge on any atom is 0.261 e. The Hall–Kier alpha value is -2.82. The van der Waals surface area contributed by atoms with E-state index < -0.39 is 5.41 Å². The van der Waals surface area contributed by atoms with Crippen molar-refractivity contribution in [2.75, 3.05) is 13.7 Å². The first kappa shape index (κ1) is 16.1. The Bertz CT molecular complexity index is 718. The minimum Gasteiger partial charge on any atom is -0.274 e. The summed E-state index contributed by atoms with van der Waals surface area (Å²) in [5.41, 5.74) is 9.61. The summed E-state index contributed by atoms with van der Waals surface area (Å²) < 4.78 is 0. The highest BCUT2D eigenvalue weighted by Crippen LogP contribution is 2.44. The highest BCUT2D eigenvalue weighted by atomic mass is 16.7. The summed E-state index contributed by atoms with van der Waals surface area (Å²) in [7, 11) is 1.47. The summed E-state index contributed by atoms with van der Waals surface area (Å²) in [4.78, 5) is 21.4. The summed E-state index contributed by atoms with van der Waals surface area (Å²) in [6, 6.07) is 19.0. The zero-order valence-corrected chi connectivity index (χ0v) is 13.4. The monoisotopic (exact) mass is 322 g/mol. The average molecular weight is 322 g/mol. The quantitative estimate of drug-likeness (QED) is 0.480. The summed E-state index contributed by atoms with van der Waals surface area (Å²) in [6.45, 7) is 0.178. The van der Waals surface area contributed by atoms with E-state index >= 15 is 0 Å². The fourth-order valence-electron chi connectivity index (χ4n) is 3.47. The van der Waals surface area contributed by atoms with Crippen LogP contribution in [0.25, 0.3) is 10.4 Å². The molecule has 0 aliphatic carbocycles. The van der Waals surface area contributed by atoms with Crippen molar-refractivity contribution < 1.29 is 9.63 Å². The number of nitrogens with zero attached hydrogens (tertiary/aromatic N) is 4. The Morgan fingerprint density at radius 1 is 1.17 bits per heavy atom. The fourth-order valence-corrected chi connectivity index (χ4v) is 3.47. The van der Waals surface area contributed by atoms with E-state index in [2.05, 4.69) is 10.0 Å². The predicted octanol–water partition coefficient (Wildman–Crippen LogP) is 3.45. The van der Waals surface area contributed by atoms with Gasteiger partial charge in [0.15, 0.2) is 0 Å². The van der Waals surface area contributed by atoms with E-state index in [4.69, 9.17) is 10.4 Å². The predicted molar refractivity (Wildman–Crippen MR) is 89.9 cm³/mol. The van der Waals surface area contributed by atoms with Crippen LogP contribution in [0.4, 0.5) is 0 Å². The van der Waals surface area contributed by atoms with Gasteiger partial charge in [-0.3, -0.25) is 9.63 Å². The van der Waals surface area contributed by atoms with Gasteiger partial charge >= 0.3 is 0 Å². The van der Waals surface area contributed by atoms with Crippen molar-refractivity contribution in [3.05, 3.63) is 82.2 Å². The van der Waals surface area contributed by atoms with E-state index in [1.165, 1.54) is 12.2 Å². The topological polar surface area (TPSA) is 78.3 Å². The van der Waals surface area contributed by atoms with Crippen LogP contribution in [-0.4, -0.2) is 30.7 Å². The highest BCUT2D eigenvalue weighted by Gasteiger charge is 2.54. The molecule has 6 nitrogen and oxygen atoms in total. The van der Waals surface area contributed by atoms with Gasteiger partial charge in [-0.05, 0) is 23.1 Å². The van der Waals surface area contributed by atoms with E-state index in [0.29, 0.717) is 6.42 Å². The molecule has 2 aromatic carbocycles. The average Bonchev–Trinajstić information content (AvgIpc) is 2.94. The third-order valence-electron chi connectivity index (χ3n) is 4.52. The van der Waals surface area contributed by atoms with Crippen LogP contribution in [0.3, 0.4) is 0 Å². The van der Waals surface area contributed by atoms with Crippen molar-refractivity contribution in [3.63, 3.8) is 0 Å². The molecular weight excluding hydrogens is 304 g/mol. The van der Waals surface area contributed by atoms with E-state index in [-0.39, 0.29) is 18.5 Å². The van der Waals surface area contributed by atoms with Crippen LogP contribution in [0, 0.1) is 0 Å². The molecule has 0 radical (unpaired) electrons. The molecule has 0 aromatic heterocycles. The molecule has 0 N–H and O–H groups in total. The van der Waals surface area contributed by atoms with Gasteiger partial charge in [0.1, 0.15) is 5.41 Å². The van der Waals surface area contributed by atoms with Gasteiger partial charge in [-0.2, -0.15) is 0 Å². The third-order valence-corrected chi connectivity index (χ3v) is 4.52. The number of carbonyl (C=O) groups is 1. The highest BCUT2D eigenvalue weighted by molar-refractivity contribution is 5.94. The molecule has 24 heavy (non-hydrogen) atoms. The van der Waals surface area contributed by atoms with Crippen molar-refractivity contribution in [2.45, 2.75) is 17.9 Å². The number of benzene rings is 2. The first-order valence-electron chi connectivity index (χ1n) is 7.73. The zero-order valence-electron chi connectivity index (χ0n) is 13.4. The molecule has 1 fully saturated rings. The van der Waals surface area contributed by atoms with Gasteiger partial charge in [0.25, 0.3) is 5.91 Å². The second-order valence-electron chi connectivity index (χ2n) is 5.72. The molecule has 1 atom stereocenters. The molecule has 1 amide bonds. The largest absolute Gasteiger partial charge is 0.274 e. The van der Waals surface area contributed by atoms with Crippen molar-refractivity contribution >= 4 is 5.91 Å². The van der Waals surface area contributed by atoms with E-state index in [1.807, 2.05) is 60.7 Å². The molecule has 2 aromatic rings. The van der Waals surface area contributed by atoms with Gasteiger partial charge < -0.3 is 0 Å². The van der Waals surface area contributed by atoms with Gasteiger partial charge in [0.2, 0.25) is 0 Å². The molecule has 1 heterocycles. The Labute approximate surface area is 140 Å². The third kappa shape index (κ3) is 2.52. The van der Waals surface area contributed by atoms with E-state index in [0.717, 1.165) is 11.1 Å². The molecular formula is C18H18N4O2. The molecule has 0 saturated carbocycles. The van der Waals surface area contributed by atoms with Crippen molar-refractivity contribution in [3.8, 4) is 0 Å².